The second-order valence-electron chi connectivity index (χ2n) is 6.06. The van der Waals surface area contributed by atoms with Gasteiger partial charge >= 0.3 is 0 Å². The van der Waals surface area contributed by atoms with Gasteiger partial charge in [0.25, 0.3) is 0 Å². The summed E-state index contributed by atoms with van der Waals surface area (Å²) in [7, 11) is 0. The van der Waals surface area contributed by atoms with E-state index in [1.807, 2.05) is 24.3 Å². The van der Waals surface area contributed by atoms with Gasteiger partial charge in [0.1, 0.15) is 12.0 Å². The summed E-state index contributed by atoms with van der Waals surface area (Å²) in [5, 5.41) is 6.63. The normalized spacial score (nSPS) is 10.5. The average Bonchev–Trinajstić information content (AvgIpc) is 2.61. The van der Waals surface area contributed by atoms with Gasteiger partial charge in [0.2, 0.25) is 0 Å². The molecule has 4 N–H and O–H groups in total. The molecule has 128 valence electrons. The van der Waals surface area contributed by atoms with Gasteiger partial charge in [-0.3, -0.25) is 0 Å². The van der Waals surface area contributed by atoms with Gasteiger partial charge < -0.3 is 16.4 Å². The Balaban J connectivity index is 1.89. The van der Waals surface area contributed by atoms with Crippen molar-refractivity contribution in [2.24, 2.45) is 0 Å². The van der Waals surface area contributed by atoms with E-state index in [1.54, 1.807) is 0 Å². The van der Waals surface area contributed by atoms with Gasteiger partial charge in [0.05, 0.1) is 0 Å². The van der Waals surface area contributed by atoms with Gasteiger partial charge in [-0.05, 0) is 43.5 Å². The lowest BCUT2D eigenvalue weighted by molar-refractivity contribution is 1.13. The summed E-state index contributed by atoms with van der Waals surface area (Å²) in [6.45, 7) is 6.25. The number of nitrogens with one attached hydrogen (secondary N) is 2. The zero-order valence-corrected chi connectivity index (χ0v) is 14.8. The highest BCUT2D eigenvalue weighted by atomic mass is 15.1. The topological polar surface area (TPSA) is 75.9 Å². The average molecular weight is 333 g/mol. The number of anilines is 5. The minimum Gasteiger partial charge on any atom is -0.393 e. The first-order chi connectivity index (χ1) is 12.1. The van der Waals surface area contributed by atoms with E-state index in [0.717, 1.165) is 23.4 Å². The maximum Gasteiger partial charge on any atom is 0.159 e. The molecule has 2 aromatic carbocycles. The molecule has 0 aliphatic carbocycles. The van der Waals surface area contributed by atoms with Crippen LogP contribution in [0.1, 0.15) is 23.6 Å². The quantitative estimate of drug-likeness (QED) is 0.629. The third-order valence-corrected chi connectivity index (χ3v) is 4.17. The lowest BCUT2D eigenvalue weighted by atomic mass is 10.1. The van der Waals surface area contributed by atoms with Crippen LogP contribution >= 0.6 is 0 Å². The predicted molar refractivity (Wildman–Crippen MR) is 105 cm³/mol. The number of nitrogens with two attached hydrogens (primary N) is 1. The third kappa shape index (κ3) is 3.71. The van der Waals surface area contributed by atoms with Crippen LogP contribution in [0.5, 0.6) is 0 Å². The van der Waals surface area contributed by atoms with Crippen molar-refractivity contribution in [2.45, 2.75) is 27.2 Å². The van der Waals surface area contributed by atoms with Gasteiger partial charge in [-0.2, -0.15) is 0 Å². The molecular weight excluding hydrogens is 310 g/mol. The maximum atomic E-state index is 6.30. The molecule has 0 amide bonds. The summed E-state index contributed by atoms with van der Waals surface area (Å²) >= 11 is 0. The van der Waals surface area contributed by atoms with Gasteiger partial charge in [0.15, 0.2) is 11.6 Å². The molecule has 0 fully saturated rings. The van der Waals surface area contributed by atoms with Gasteiger partial charge in [-0.15, -0.1) is 0 Å². The molecule has 0 saturated carbocycles. The molecule has 5 heteroatoms. The lowest BCUT2D eigenvalue weighted by Crippen LogP contribution is -2.06. The third-order valence-electron chi connectivity index (χ3n) is 4.17. The van der Waals surface area contributed by atoms with Crippen LogP contribution in [-0.2, 0) is 6.42 Å². The number of para-hydroxylation sites is 1. The van der Waals surface area contributed by atoms with Gasteiger partial charge in [-0.25, -0.2) is 9.97 Å². The number of nitrogens with zero attached hydrogens (tertiary/aromatic N) is 2. The van der Waals surface area contributed by atoms with E-state index in [2.05, 4.69) is 59.6 Å². The maximum absolute atomic E-state index is 6.30. The van der Waals surface area contributed by atoms with Gasteiger partial charge in [-0.1, -0.05) is 42.8 Å². The number of hydrogen-bond donors (Lipinski definition) is 3. The van der Waals surface area contributed by atoms with Crippen LogP contribution in [-0.4, -0.2) is 9.97 Å². The Morgan fingerprint density at radius 2 is 1.60 bits per heavy atom. The van der Waals surface area contributed by atoms with E-state index in [0.29, 0.717) is 17.3 Å². The number of nitrogen functional groups attached to an aromatic ring is 1. The minimum atomic E-state index is 0.494. The molecule has 0 radical (unpaired) electrons. The highest BCUT2D eigenvalue weighted by Gasteiger charge is 2.11. The summed E-state index contributed by atoms with van der Waals surface area (Å²) in [6.07, 6.45) is 2.45. The predicted octanol–water partition coefficient (Wildman–Crippen LogP) is 4.73. The van der Waals surface area contributed by atoms with E-state index in [9.17, 15) is 0 Å². The molecule has 0 saturated heterocycles. The summed E-state index contributed by atoms with van der Waals surface area (Å²) in [5.41, 5.74) is 12.4. The molecule has 5 nitrogen and oxygen atoms in total. The fraction of sp³-hybridized carbons (Fsp3) is 0.200. The van der Waals surface area contributed by atoms with Crippen molar-refractivity contribution in [3.05, 3.63) is 65.5 Å². The fourth-order valence-electron chi connectivity index (χ4n) is 2.75. The molecule has 0 unspecified atom stereocenters. The van der Waals surface area contributed by atoms with E-state index in [-0.39, 0.29) is 0 Å². The molecule has 0 aliphatic heterocycles. The summed E-state index contributed by atoms with van der Waals surface area (Å²) < 4.78 is 0. The highest BCUT2D eigenvalue weighted by Crippen LogP contribution is 2.30. The molecule has 1 aromatic heterocycles. The largest absolute Gasteiger partial charge is 0.393 e. The number of hydrogen-bond acceptors (Lipinski definition) is 5. The van der Waals surface area contributed by atoms with Crippen molar-refractivity contribution in [3.8, 4) is 0 Å². The fourth-order valence-corrected chi connectivity index (χ4v) is 2.75. The molecular formula is C20H23N5. The summed E-state index contributed by atoms with van der Waals surface area (Å²) in [6, 6.07) is 14.4. The van der Waals surface area contributed by atoms with Crippen molar-refractivity contribution in [1.29, 1.82) is 0 Å². The van der Waals surface area contributed by atoms with Crippen LogP contribution < -0.4 is 16.4 Å². The number of rotatable bonds is 5. The van der Waals surface area contributed by atoms with Crippen LogP contribution in [0.3, 0.4) is 0 Å². The molecule has 25 heavy (non-hydrogen) atoms. The standard InChI is InChI=1S/C20H23N5/c1-4-15-7-5-6-8-17(15)25-20-18(21)19(22-12-23-20)24-16-10-9-13(2)11-14(16)3/h5-12H,4,21H2,1-3H3,(H2,22,23,24,25). The second-order valence-corrected chi connectivity index (χ2v) is 6.06. The molecule has 0 aliphatic rings. The molecule has 0 spiro atoms. The Morgan fingerprint density at radius 1 is 0.920 bits per heavy atom. The highest BCUT2D eigenvalue weighted by molar-refractivity contribution is 5.81. The Kier molecular flexibility index (Phi) is 4.84. The van der Waals surface area contributed by atoms with Crippen LogP contribution in [0.2, 0.25) is 0 Å². The Morgan fingerprint density at radius 3 is 2.28 bits per heavy atom. The molecule has 0 atom stereocenters. The number of aromatic nitrogens is 2. The number of aryl methyl sites for hydroxylation is 3. The van der Waals surface area contributed by atoms with Gasteiger partial charge in [0, 0.05) is 11.4 Å². The van der Waals surface area contributed by atoms with Crippen molar-refractivity contribution in [3.63, 3.8) is 0 Å². The monoisotopic (exact) mass is 333 g/mol. The van der Waals surface area contributed by atoms with Crippen molar-refractivity contribution in [2.75, 3.05) is 16.4 Å². The zero-order valence-electron chi connectivity index (χ0n) is 14.8. The van der Waals surface area contributed by atoms with Crippen molar-refractivity contribution < 1.29 is 0 Å². The molecule has 1 heterocycles. The minimum absolute atomic E-state index is 0.494. The Labute approximate surface area is 148 Å². The zero-order chi connectivity index (χ0) is 17.8. The van der Waals surface area contributed by atoms with Crippen LogP contribution in [0.15, 0.2) is 48.8 Å². The second kappa shape index (κ2) is 7.21. The molecule has 3 aromatic rings. The summed E-state index contributed by atoms with van der Waals surface area (Å²) in [5.74, 6) is 1.20. The Bertz CT molecular complexity index is 889. The van der Waals surface area contributed by atoms with Crippen molar-refractivity contribution >= 4 is 28.7 Å². The van der Waals surface area contributed by atoms with Crippen molar-refractivity contribution in [1.82, 2.24) is 9.97 Å². The van der Waals surface area contributed by atoms with E-state index < -0.39 is 0 Å². The first-order valence-corrected chi connectivity index (χ1v) is 8.38. The Hall–Kier alpha value is -3.08. The van der Waals surface area contributed by atoms with E-state index >= 15 is 0 Å². The summed E-state index contributed by atoms with van der Waals surface area (Å²) in [4.78, 5) is 8.60. The van der Waals surface area contributed by atoms with Crippen LogP contribution in [0, 0.1) is 13.8 Å². The lowest BCUT2D eigenvalue weighted by Gasteiger charge is -2.15. The smallest absolute Gasteiger partial charge is 0.159 e. The number of benzene rings is 2. The van der Waals surface area contributed by atoms with Crippen LogP contribution in [0.4, 0.5) is 28.7 Å². The first-order valence-electron chi connectivity index (χ1n) is 8.38. The first kappa shape index (κ1) is 16.8. The molecule has 0 bridgehead atoms. The molecule has 3 rings (SSSR count). The SMILES string of the molecule is CCc1ccccc1Nc1ncnc(Nc2ccc(C)cc2C)c1N. The van der Waals surface area contributed by atoms with Crippen LogP contribution in [0.25, 0.3) is 0 Å². The van der Waals surface area contributed by atoms with E-state index in [4.69, 9.17) is 5.73 Å². The van der Waals surface area contributed by atoms with E-state index in [1.165, 1.54) is 17.5 Å².